The van der Waals surface area contributed by atoms with Crippen LogP contribution in [-0.2, 0) is 0 Å². The van der Waals surface area contributed by atoms with Gasteiger partial charge in [0.1, 0.15) is 0 Å². The summed E-state index contributed by atoms with van der Waals surface area (Å²) < 4.78 is 14.3. The second-order valence-electron chi connectivity index (χ2n) is 29.5. The number of rotatable bonds is 10. The van der Waals surface area contributed by atoms with Crippen molar-refractivity contribution in [2.24, 2.45) is 94.7 Å². The predicted molar refractivity (Wildman–Crippen MR) is 320 cm³/mol. The van der Waals surface area contributed by atoms with Gasteiger partial charge in [-0.3, -0.25) is 31.1 Å². The van der Waals surface area contributed by atoms with E-state index >= 15 is 0 Å². The lowest BCUT2D eigenvalue weighted by atomic mass is 9.62. The zero-order valence-electron chi connectivity index (χ0n) is 47.0. The first-order chi connectivity index (χ1) is 37.6. The molecule has 10 nitrogen and oxygen atoms in total. The number of likely N-dealkylation sites (tertiary alicyclic amines) is 2. The van der Waals surface area contributed by atoms with Gasteiger partial charge in [0.25, 0.3) is 0 Å². The number of nitrogens with zero attached hydrogens (tertiary/aromatic N) is 2. The molecule has 0 spiro atoms. The van der Waals surface area contributed by atoms with E-state index in [0.29, 0.717) is 21.5 Å². The van der Waals surface area contributed by atoms with Gasteiger partial charge >= 0.3 is 0 Å². The summed E-state index contributed by atoms with van der Waals surface area (Å²) in [5, 5.41) is 17.9. The van der Waals surface area contributed by atoms with Crippen LogP contribution in [0.4, 0.5) is 0 Å². The van der Waals surface area contributed by atoms with Crippen LogP contribution in [0.15, 0.2) is 0 Å². The average Bonchev–Trinajstić information content (AvgIpc) is 4.36. The molecule has 16 atom stereocenters. The number of nitrogens with one attached hydrogen (secondary N) is 8. The minimum atomic E-state index is 0.641. The molecule has 9 aliphatic carbocycles. The Morgan fingerprint density at radius 1 is 0.263 bits per heavy atom. The minimum absolute atomic E-state index is 0.641. The van der Waals surface area contributed by atoms with Gasteiger partial charge in [-0.15, -0.1) is 0 Å². The SMILES string of the molecule is C1CCC2C(C1)C1C(CCC3C4CCCCC4N(C4CC(C5CCC(C6NCNS6)CC5)CC(C5CCC(C6NCNS6)CC5)C4)C31)N2C1CC(C2CCC(C3NCNS3)CC2)CC(C2CCC(C3NCNS3)CC2)C1. The maximum atomic E-state index is 3.83. The van der Waals surface area contributed by atoms with Gasteiger partial charge in [0.05, 0.1) is 48.2 Å². The zero-order chi connectivity index (χ0) is 50.1. The molecule has 8 N–H and O–H groups in total. The molecule has 14 heteroatoms. The first-order valence-corrected chi connectivity index (χ1v) is 37.2. The quantitative estimate of drug-likeness (QED) is 0.0996. The van der Waals surface area contributed by atoms with Crippen LogP contribution < -0.4 is 40.2 Å². The molecule has 15 fully saturated rings. The third kappa shape index (κ3) is 10.7. The standard InChI is InChI=1S/C62H106N10S4/c1-3-7-54-51(5-1)52-25-26-56-57(58(52)72(54)50-31-47(39-13-21-43(22-14-39)61-65-35-69-75-61)28-48(32-50)40-15-23-44(24-16-40)62-66-36-70-76-62)53-6-2-4-8-55(53)71(56)49-29-45(37-9-17-41(18-10-37)59-63-33-67-73-59)27-46(30-49)38-11-19-42(20-12-38)60-64-34-68-74-60/h37-70H,1-36H2. The highest BCUT2D eigenvalue weighted by Gasteiger charge is 2.64. The van der Waals surface area contributed by atoms with Crippen molar-refractivity contribution >= 4 is 47.8 Å². The fourth-order valence-electron chi connectivity index (χ4n) is 23.3. The van der Waals surface area contributed by atoms with E-state index < -0.39 is 0 Å². The Hall–Kier alpha value is 1.000. The summed E-state index contributed by atoms with van der Waals surface area (Å²) in [6.45, 7) is 3.97. The predicted octanol–water partition coefficient (Wildman–Crippen LogP) is 11.8. The van der Waals surface area contributed by atoms with Crippen LogP contribution in [0.3, 0.4) is 0 Å². The average molecular weight is 1120 g/mol. The largest absolute Gasteiger partial charge is 0.294 e. The first kappa shape index (κ1) is 53.7. The lowest BCUT2D eigenvalue weighted by Crippen LogP contribution is -2.57. The topological polar surface area (TPSA) is 103 Å². The van der Waals surface area contributed by atoms with E-state index in [-0.39, 0.29) is 0 Å². The van der Waals surface area contributed by atoms with Crippen molar-refractivity contribution in [1.82, 2.24) is 50.0 Å². The summed E-state index contributed by atoms with van der Waals surface area (Å²) in [6, 6.07) is 5.19. The summed E-state index contributed by atoms with van der Waals surface area (Å²) in [5.41, 5.74) is 0. The third-order valence-corrected chi connectivity index (χ3v) is 31.0. The molecule has 0 radical (unpaired) electrons. The molecule has 0 aromatic rings. The van der Waals surface area contributed by atoms with E-state index in [2.05, 4.69) is 50.0 Å². The molecule has 15 aliphatic rings. The molecule has 0 amide bonds. The number of hydrogen-bond acceptors (Lipinski definition) is 14. The van der Waals surface area contributed by atoms with Crippen molar-refractivity contribution in [3.05, 3.63) is 0 Å². The molecular weight excluding hydrogens is 1010 g/mol. The van der Waals surface area contributed by atoms with E-state index in [0.717, 1.165) is 158 Å². The van der Waals surface area contributed by atoms with Crippen LogP contribution in [0.2, 0.25) is 0 Å². The summed E-state index contributed by atoms with van der Waals surface area (Å²) in [4.78, 5) is 7.15. The monoisotopic (exact) mass is 1120 g/mol. The Balaban J connectivity index is 0.715. The lowest BCUT2D eigenvalue weighted by Gasteiger charge is -2.53. The van der Waals surface area contributed by atoms with E-state index in [1.807, 2.05) is 47.8 Å². The van der Waals surface area contributed by atoms with Gasteiger partial charge in [0.15, 0.2) is 0 Å². The van der Waals surface area contributed by atoms with Gasteiger partial charge in [-0.05, 0) is 274 Å². The summed E-state index contributed by atoms with van der Waals surface area (Å²) in [7, 11) is 0. The second-order valence-corrected chi connectivity index (χ2v) is 33.6. The van der Waals surface area contributed by atoms with Gasteiger partial charge in [0.2, 0.25) is 0 Å². The third-order valence-electron chi connectivity index (χ3n) is 26.5. The second kappa shape index (κ2) is 24.2. The van der Waals surface area contributed by atoms with Crippen LogP contribution in [0.5, 0.6) is 0 Å². The minimum Gasteiger partial charge on any atom is -0.294 e. The van der Waals surface area contributed by atoms with Crippen LogP contribution in [0, 0.1) is 94.7 Å². The normalized spacial score (nSPS) is 53.5. The van der Waals surface area contributed by atoms with Crippen LogP contribution in [0.25, 0.3) is 0 Å². The van der Waals surface area contributed by atoms with Gasteiger partial charge in [-0.25, -0.2) is 18.9 Å². The van der Waals surface area contributed by atoms with Crippen molar-refractivity contribution < 1.29 is 0 Å². The number of hydrogen-bond donors (Lipinski definition) is 8. The molecule has 6 saturated heterocycles. The summed E-state index contributed by atoms with van der Waals surface area (Å²) >= 11 is 8.02. The van der Waals surface area contributed by atoms with E-state index in [1.54, 1.807) is 64.2 Å². The van der Waals surface area contributed by atoms with E-state index in [1.165, 1.54) is 141 Å². The smallest absolute Gasteiger partial charge is 0.0717 e. The van der Waals surface area contributed by atoms with Crippen LogP contribution in [-0.4, -0.2) is 94.2 Å². The van der Waals surface area contributed by atoms with Gasteiger partial charge in [0, 0.05) is 36.3 Å². The van der Waals surface area contributed by atoms with Crippen molar-refractivity contribution in [3.63, 3.8) is 0 Å². The fraction of sp³-hybridized carbons (Fsp3) is 1.00. The first-order valence-electron chi connectivity index (χ1n) is 33.7. The van der Waals surface area contributed by atoms with Crippen molar-refractivity contribution in [1.29, 1.82) is 0 Å². The summed E-state index contributed by atoms with van der Waals surface area (Å²) in [6.07, 6.45) is 48.5. The Kier molecular flexibility index (Phi) is 17.1. The van der Waals surface area contributed by atoms with Gasteiger partial charge in [-0.2, -0.15) is 0 Å². The number of fused-ring (bicyclic) bond motifs is 7. The molecule has 9 saturated carbocycles. The van der Waals surface area contributed by atoms with Gasteiger partial charge < -0.3 is 0 Å². The molecule has 428 valence electrons. The molecule has 0 aromatic heterocycles. The van der Waals surface area contributed by atoms with Gasteiger partial charge in [-0.1, -0.05) is 73.5 Å². The maximum absolute atomic E-state index is 3.83. The molecule has 0 bridgehead atoms. The van der Waals surface area contributed by atoms with Crippen LogP contribution >= 0.6 is 47.8 Å². The highest BCUT2D eigenvalue weighted by Crippen LogP contribution is 2.62. The molecule has 6 heterocycles. The summed E-state index contributed by atoms with van der Waals surface area (Å²) in [5.74, 6) is 15.0. The van der Waals surface area contributed by atoms with Crippen LogP contribution in [0.1, 0.15) is 205 Å². The highest BCUT2D eigenvalue weighted by atomic mass is 32.2. The lowest BCUT2D eigenvalue weighted by molar-refractivity contribution is -0.0351. The molecule has 15 rings (SSSR count). The van der Waals surface area contributed by atoms with Crippen molar-refractivity contribution in [2.45, 2.75) is 263 Å². The zero-order valence-corrected chi connectivity index (χ0v) is 50.3. The molecule has 16 unspecified atom stereocenters. The van der Waals surface area contributed by atoms with E-state index in [4.69, 9.17) is 0 Å². The molecular formula is C62H106N10S4. The Morgan fingerprint density at radius 2 is 0.605 bits per heavy atom. The Bertz CT molecular complexity index is 1780. The Labute approximate surface area is 479 Å². The highest BCUT2D eigenvalue weighted by molar-refractivity contribution is 7.98. The maximum Gasteiger partial charge on any atom is 0.0717 e. The van der Waals surface area contributed by atoms with Crippen molar-refractivity contribution in [2.75, 3.05) is 26.7 Å². The molecule has 6 aliphatic heterocycles. The van der Waals surface area contributed by atoms with Crippen molar-refractivity contribution in [3.8, 4) is 0 Å². The molecule has 76 heavy (non-hydrogen) atoms. The Morgan fingerprint density at radius 3 is 0.987 bits per heavy atom. The van der Waals surface area contributed by atoms with E-state index in [9.17, 15) is 0 Å². The fourth-order valence-corrected chi connectivity index (χ4v) is 27.2. The molecule has 0 aromatic carbocycles.